The number of alkyl halides is 3. The Kier molecular flexibility index (Phi) is 7.02. The highest BCUT2D eigenvalue weighted by Crippen LogP contribution is 2.28. The summed E-state index contributed by atoms with van der Waals surface area (Å²) >= 11 is 0.881. The molecule has 0 aliphatic rings. The zero-order valence-electron chi connectivity index (χ0n) is 14.5. The van der Waals surface area contributed by atoms with Gasteiger partial charge in [0.05, 0.1) is 11.8 Å². The molecule has 0 aliphatic heterocycles. The first-order valence-electron chi connectivity index (χ1n) is 8.13. The van der Waals surface area contributed by atoms with Crippen molar-refractivity contribution in [1.82, 2.24) is 15.3 Å². The van der Waals surface area contributed by atoms with Crippen LogP contribution in [0.1, 0.15) is 37.6 Å². The van der Waals surface area contributed by atoms with Crippen molar-refractivity contribution < 1.29 is 18.0 Å². The minimum absolute atomic E-state index is 0.0528. The van der Waals surface area contributed by atoms with E-state index in [0.29, 0.717) is 5.92 Å². The lowest BCUT2D eigenvalue weighted by Crippen LogP contribution is -2.31. The number of nitrogens with zero attached hydrogens (tertiary/aromatic N) is 2. The predicted molar refractivity (Wildman–Crippen MR) is 94.5 cm³/mol. The molecule has 2 rings (SSSR count). The van der Waals surface area contributed by atoms with Gasteiger partial charge in [0.15, 0.2) is 5.16 Å². The van der Waals surface area contributed by atoms with Gasteiger partial charge in [-0.05, 0) is 24.0 Å². The number of carbonyl (C=O) groups excluding carboxylic acids is 1. The second-order valence-corrected chi connectivity index (χ2v) is 7.11. The largest absolute Gasteiger partial charge is 0.433 e. The lowest BCUT2D eigenvalue weighted by molar-refractivity contribution is -0.141. The lowest BCUT2D eigenvalue weighted by Gasteiger charge is -2.21. The number of rotatable bonds is 7. The van der Waals surface area contributed by atoms with Crippen LogP contribution in [0.25, 0.3) is 0 Å². The highest BCUT2D eigenvalue weighted by Gasteiger charge is 2.32. The van der Waals surface area contributed by atoms with Crippen molar-refractivity contribution in [3.8, 4) is 0 Å². The van der Waals surface area contributed by atoms with E-state index in [1.54, 1.807) is 0 Å². The average Bonchev–Trinajstić information content (AvgIpc) is 2.59. The number of hydrogen-bond acceptors (Lipinski definition) is 4. The predicted octanol–water partition coefficient (Wildman–Crippen LogP) is 4.49. The Bertz CT molecular complexity index is 723. The van der Waals surface area contributed by atoms with E-state index in [1.165, 1.54) is 0 Å². The SMILES string of the molecule is CC(C)CC(NC(=O)CSc1nccc(C(F)(F)F)n1)c1ccccc1. The zero-order valence-corrected chi connectivity index (χ0v) is 15.3. The topological polar surface area (TPSA) is 54.9 Å². The molecule has 0 bridgehead atoms. The first-order valence-corrected chi connectivity index (χ1v) is 9.11. The van der Waals surface area contributed by atoms with Gasteiger partial charge in [0, 0.05) is 6.20 Å². The van der Waals surface area contributed by atoms with E-state index in [9.17, 15) is 18.0 Å². The summed E-state index contributed by atoms with van der Waals surface area (Å²) in [6, 6.07) is 10.2. The van der Waals surface area contributed by atoms with Gasteiger partial charge in [-0.2, -0.15) is 13.2 Å². The Morgan fingerprint density at radius 2 is 1.88 bits per heavy atom. The quantitative estimate of drug-likeness (QED) is 0.565. The van der Waals surface area contributed by atoms with Crippen LogP contribution in [-0.2, 0) is 11.0 Å². The molecule has 1 N–H and O–H groups in total. The smallest absolute Gasteiger partial charge is 0.349 e. The number of thioether (sulfide) groups is 1. The van der Waals surface area contributed by atoms with Crippen LogP contribution in [-0.4, -0.2) is 21.6 Å². The standard InChI is InChI=1S/C18H20F3N3OS/c1-12(2)10-14(13-6-4-3-5-7-13)23-16(25)11-26-17-22-9-8-15(24-17)18(19,20)21/h3-9,12,14H,10-11H2,1-2H3,(H,23,25). The second-order valence-electron chi connectivity index (χ2n) is 6.17. The van der Waals surface area contributed by atoms with Crippen LogP contribution >= 0.6 is 11.8 Å². The third-order valence-corrected chi connectivity index (χ3v) is 4.36. The summed E-state index contributed by atoms with van der Waals surface area (Å²) in [7, 11) is 0. The van der Waals surface area contributed by atoms with Crippen molar-refractivity contribution in [2.45, 2.75) is 37.6 Å². The first-order chi connectivity index (χ1) is 12.3. The number of aromatic nitrogens is 2. The molecule has 1 heterocycles. The summed E-state index contributed by atoms with van der Waals surface area (Å²) in [6.45, 7) is 4.13. The van der Waals surface area contributed by atoms with Gasteiger partial charge in [-0.15, -0.1) is 0 Å². The third-order valence-electron chi connectivity index (χ3n) is 3.50. The monoisotopic (exact) mass is 383 g/mol. The first kappa shape index (κ1) is 20.2. The molecule has 1 amide bonds. The number of carbonyl (C=O) groups is 1. The van der Waals surface area contributed by atoms with Crippen LogP contribution in [0.15, 0.2) is 47.8 Å². The summed E-state index contributed by atoms with van der Waals surface area (Å²) in [5, 5.41) is 2.87. The van der Waals surface area contributed by atoms with Crippen molar-refractivity contribution in [2.75, 3.05) is 5.75 Å². The van der Waals surface area contributed by atoms with E-state index >= 15 is 0 Å². The molecule has 140 valence electrons. The van der Waals surface area contributed by atoms with Crippen molar-refractivity contribution >= 4 is 17.7 Å². The molecule has 1 aromatic carbocycles. The minimum atomic E-state index is -4.53. The fourth-order valence-corrected chi connectivity index (χ4v) is 3.01. The van der Waals surface area contributed by atoms with Crippen molar-refractivity contribution in [3.05, 3.63) is 53.9 Å². The van der Waals surface area contributed by atoms with E-state index in [1.807, 2.05) is 30.3 Å². The maximum Gasteiger partial charge on any atom is 0.433 e. The number of amides is 1. The van der Waals surface area contributed by atoms with Gasteiger partial charge < -0.3 is 5.32 Å². The molecular formula is C18H20F3N3OS. The Hall–Kier alpha value is -2.09. The fraction of sp³-hybridized carbons (Fsp3) is 0.389. The average molecular weight is 383 g/mol. The molecule has 2 aromatic rings. The van der Waals surface area contributed by atoms with Gasteiger partial charge in [0.1, 0.15) is 5.69 Å². The van der Waals surface area contributed by atoms with Gasteiger partial charge in [0.25, 0.3) is 0 Å². The highest BCUT2D eigenvalue weighted by atomic mass is 32.2. The fourth-order valence-electron chi connectivity index (χ4n) is 2.37. The van der Waals surface area contributed by atoms with E-state index in [4.69, 9.17) is 0 Å². The molecule has 26 heavy (non-hydrogen) atoms. The van der Waals surface area contributed by atoms with Gasteiger partial charge in [-0.25, -0.2) is 9.97 Å². The minimum Gasteiger partial charge on any atom is -0.349 e. The molecule has 0 saturated heterocycles. The van der Waals surface area contributed by atoms with E-state index in [-0.39, 0.29) is 22.9 Å². The zero-order chi connectivity index (χ0) is 19.2. The molecule has 0 radical (unpaired) electrons. The Morgan fingerprint density at radius 1 is 1.19 bits per heavy atom. The van der Waals surface area contributed by atoms with E-state index < -0.39 is 11.9 Å². The van der Waals surface area contributed by atoms with Crippen LogP contribution in [0.2, 0.25) is 0 Å². The van der Waals surface area contributed by atoms with Crippen LogP contribution in [0, 0.1) is 5.92 Å². The maximum absolute atomic E-state index is 12.7. The van der Waals surface area contributed by atoms with Crippen LogP contribution in [0.4, 0.5) is 13.2 Å². The van der Waals surface area contributed by atoms with Gasteiger partial charge in [-0.1, -0.05) is 55.9 Å². The van der Waals surface area contributed by atoms with Crippen molar-refractivity contribution in [1.29, 1.82) is 0 Å². The molecule has 1 unspecified atom stereocenters. The summed E-state index contributed by atoms with van der Waals surface area (Å²) in [5.74, 6) is 0.0495. The van der Waals surface area contributed by atoms with E-state index in [2.05, 4.69) is 29.1 Å². The molecule has 1 atom stereocenters. The van der Waals surface area contributed by atoms with Gasteiger partial charge in [0.2, 0.25) is 5.91 Å². The highest BCUT2D eigenvalue weighted by molar-refractivity contribution is 7.99. The van der Waals surface area contributed by atoms with Crippen molar-refractivity contribution in [3.63, 3.8) is 0 Å². The molecule has 0 fully saturated rings. The Balaban J connectivity index is 1.98. The number of nitrogens with one attached hydrogen (secondary N) is 1. The van der Waals surface area contributed by atoms with Crippen LogP contribution in [0.3, 0.4) is 0 Å². The van der Waals surface area contributed by atoms with E-state index in [0.717, 1.165) is 36.0 Å². The molecule has 8 heteroatoms. The number of hydrogen-bond donors (Lipinski definition) is 1. The molecule has 0 saturated carbocycles. The van der Waals surface area contributed by atoms with Crippen LogP contribution in [0.5, 0.6) is 0 Å². The summed E-state index contributed by atoms with van der Waals surface area (Å²) < 4.78 is 38.0. The molecule has 0 spiro atoms. The summed E-state index contributed by atoms with van der Waals surface area (Å²) in [5.41, 5.74) is -0.0211. The van der Waals surface area contributed by atoms with Crippen LogP contribution < -0.4 is 5.32 Å². The number of benzene rings is 1. The third kappa shape index (κ3) is 6.33. The number of halogens is 3. The second kappa shape index (κ2) is 9.02. The Labute approximate surface area is 154 Å². The lowest BCUT2D eigenvalue weighted by atomic mass is 9.97. The normalized spacial score (nSPS) is 12.8. The maximum atomic E-state index is 12.7. The van der Waals surface area contributed by atoms with Crippen molar-refractivity contribution in [2.24, 2.45) is 5.92 Å². The van der Waals surface area contributed by atoms with Gasteiger partial charge >= 0.3 is 6.18 Å². The molecule has 1 aromatic heterocycles. The molecular weight excluding hydrogens is 363 g/mol. The van der Waals surface area contributed by atoms with Gasteiger partial charge in [-0.3, -0.25) is 4.79 Å². The summed E-state index contributed by atoms with van der Waals surface area (Å²) in [6.07, 6.45) is -2.72. The molecule has 0 aliphatic carbocycles. The molecule has 4 nitrogen and oxygen atoms in total. The Morgan fingerprint density at radius 3 is 2.50 bits per heavy atom. The summed E-state index contributed by atoms with van der Waals surface area (Å²) in [4.78, 5) is 19.5.